The Morgan fingerprint density at radius 2 is 1.97 bits per heavy atom. The molecule has 0 spiro atoms. The summed E-state index contributed by atoms with van der Waals surface area (Å²) in [5.74, 6) is 3.38. The van der Waals surface area contributed by atoms with Crippen molar-refractivity contribution in [2.75, 3.05) is 44.8 Å². The second kappa shape index (κ2) is 8.15. The summed E-state index contributed by atoms with van der Waals surface area (Å²) < 4.78 is 6.11. The SMILES string of the molecule is CN1CCCC1CCOCC1C2CN(c3ncnc4scc(-c5ccccc5)c34)CC12. The highest BCUT2D eigenvalue weighted by Crippen LogP contribution is 2.53. The van der Waals surface area contributed by atoms with Crippen LogP contribution in [0.5, 0.6) is 0 Å². The van der Waals surface area contributed by atoms with Crippen molar-refractivity contribution in [3.8, 4) is 11.1 Å². The van der Waals surface area contributed by atoms with Crippen LogP contribution in [0, 0.1) is 17.8 Å². The van der Waals surface area contributed by atoms with E-state index in [1.54, 1.807) is 17.7 Å². The van der Waals surface area contributed by atoms with E-state index in [-0.39, 0.29) is 0 Å². The lowest BCUT2D eigenvalue weighted by Gasteiger charge is -2.22. The quantitative estimate of drug-likeness (QED) is 0.511. The third-order valence-corrected chi connectivity index (χ3v) is 8.57. The van der Waals surface area contributed by atoms with Gasteiger partial charge < -0.3 is 14.5 Å². The first-order chi connectivity index (χ1) is 15.3. The Morgan fingerprint density at radius 3 is 2.74 bits per heavy atom. The molecule has 1 aromatic carbocycles. The van der Waals surface area contributed by atoms with E-state index in [1.807, 2.05) is 0 Å². The van der Waals surface area contributed by atoms with Gasteiger partial charge in [0.05, 0.1) is 12.0 Å². The monoisotopic (exact) mass is 434 g/mol. The number of aromatic nitrogens is 2. The van der Waals surface area contributed by atoms with Crippen molar-refractivity contribution in [2.45, 2.75) is 25.3 Å². The second-order valence-electron chi connectivity index (χ2n) is 9.43. The topological polar surface area (TPSA) is 41.5 Å². The van der Waals surface area contributed by atoms with Crippen molar-refractivity contribution in [1.82, 2.24) is 14.9 Å². The van der Waals surface area contributed by atoms with E-state index < -0.39 is 0 Å². The van der Waals surface area contributed by atoms with Crippen LogP contribution in [0.15, 0.2) is 42.0 Å². The lowest BCUT2D eigenvalue weighted by atomic mass is 10.1. The molecule has 3 fully saturated rings. The molecule has 5 nitrogen and oxygen atoms in total. The van der Waals surface area contributed by atoms with Crippen molar-refractivity contribution < 1.29 is 4.74 Å². The third-order valence-electron chi connectivity index (χ3n) is 7.68. The zero-order valence-electron chi connectivity index (χ0n) is 18.1. The number of rotatable bonds is 7. The minimum absolute atomic E-state index is 0.735. The third kappa shape index (κ3) is 3.65. The van der Waals surface area contributed by atoms with Crippen molar-refractivity contribution >= 4 is 27.4 Å². The van der Waals surface area contributed by atoms with Crippen LogP contribution in [0.25, 0.3) is 21.3 Å². The first-order valence-electron chi connectivity index (χ1n) is 11.6. The van der Waals surface area contributed by atoms with Gasteiger partial charge in [-0.15, -0.1) is 11.3 Å². The normalized spacial score (nSPS) is 27.8. The smallest absolute Gasteiger partial charge is 0.141 e. The number of hydrogen-bond donors (Lipinski definition) is 0. The van der Waals surface area contributed by atoms with E-state index in [2.05, 4.69) is 57.5 Å². The first kappa shape index (κ1) is 19.6. The zero-order valence-corrected chi connectivity index (χ0v) is 18.9. The highest BCUT2D eigenvalue weighted by molar-refractivity contribution is 7.17. The molecule has 3 aromatic rings. The van der Waals surface area contributed by atoms with E-state index in [1.165, 1.54) is 42.3 Å². The summed E-state index contributed by atoms with van der Waals surface area (Å²) in [5.41, 5.74) is 2.50. The number of fused-ring (bicyclic) bond motifs is 2. The summed E-state index contributed by atoms with van der Waals surface area (Å²) in [6.07, 6.45) is 5.60. The molecular formula is C25H30N4OS. The molecule has 162 valence electrons. The Kier molecular flexibility index (Phi) is 5.17. The van der Waals surface area contributed by atoms with Crippen LogP contribution in [0.4, 0.5) is 5.82 Å². The maximum Gasteiger partial charge on any atom is 0.141 e. The van der Waals surface area contributed by atoms with Gasteiger partial charge in [-0.1, -0.05) is 30.3 Å². The van der Waals surface area contributed by atoms with Gasteiger partial charge in [-0.3, -0.25) is 0 Å². The molecule has 4 heterocycles. The van der Waals surface area contributed by atoms with Gasteiger partial charge in [0.15, 0.2) is 0 Å². The number of ether oxygens (including phenoxy) is 1. The molecule has 0 bridgehead atoms. The van der Waals surface area contributed by atoms with Gasteiger partial charge >= 0.3 is 0 Å². The summed E-state index contributed by atoms with van der Waals surface area (Å²) in [6, 6.07) is 11.4. The van der Waals surface area contributed by atoms with E-state index >= 15 is 0 Å². The fraction of sp³-hybridized carbons (Fsp3) is 0.520. The molecule has 3 aliphatic rings. The second-order valence-corrected chi connectivity index (χ2v) is 10.3. The van der Waals surface area contributed by atoms with E-state index in [0.29, 0.717) is 0 Å². The summed E-state index contributed by atoms with van der Waals surface area (Å²) in [5, 5.41) is 3.45. The highest BCUT2D eigenvalue weighted by Gasteiger charge is 2.56. The van der Waals surface area contributed by atoms with Gasteiger partial charge in [0.2, 0.25) is 0 Å². The molecule has 1 aliphatic carbocycles. The minimum Gasteiger partial charge on any atom is -0.381 e. The van der Waals surface area contributed by atoms with Crippen LogP contribution in [0.2, 0.25) is 0 Å². The van der Waals surface area contributed by atoms with E-state index in [4.69, 9.17) is 9.72 Å². The average molecular weight is 435 g/mol. The molecule has 3 atom stereocenters. The molecule has 6 heteroatoms. The molecule has 6 rings (SSSR count). The molecular weight excluding hydrogens is 404 g/mol. The number of nitrogens with zero attached hydrogens (tertiary/aromatic N) is 4. The first-order valence-corrected chi connectivity index (χ1v) is 12.5. The lowest BCUT2D eigenvalue weighted by Crippen LogP contribution is -2.27. The molecule has 3 unspecified atom stereocenters. The van der Waals surface area contributed by atoms with Crippen LogP contribution in [-0.2, 0) is 4.74 Å². The van der Waals surface area contributed by atoms with Crippen LogP contribution >= 0.6 is 11.3 Å². The number of anilines is 1. The summed E-state index contributed by atoms with van der Waals surface area (Å²) in [7, 11) is 2.25. The highest BCUT2D eigenvalue weighted by atomic mass is 32.1. The number of thiophene rings is 1. The maximum absolute atomic E-state index is 6.11. The minimum atomic E-state index is 0.735. The Bertz CT molecular complexity index is 1040. The predicted molar refractivity (Wildman–Crippen MR) is 127 cm³/mol. The van der Waals surface area contributed by atoms with Crippen LogP contribution in [0.1, 0.15) is 19.3 Å². The van der Waals surface area contributed by atoms with Crippen LogP contribution in [-0.4, -0.2) is 60.8 Å². The van der Waals surface area contributed by atoms with Crippen LogP contribution < -0.4 is 4.90 Å². The van der Waals surface area contributed by atoms with Gasteiger partial charge in [-0.05, 0) is 56.2 Å². The summed E-state index contributed by atoms with van der Waals surface area (Å²) in [4.78, 5) is 15.4. The Morgan fingerprint density at radius 1 is 1.13 bits per heavy atom. The van der Waals surface area contributed by atoms with Gasteiger partial charge in [-0.25, -0.2) is 9.97 Å². The van der Waals surface area contributed by atoms with Crippen molar-refractivity contribution in [3.05, 3.63) is 42.0 Å². The Hall–Kier alpha value is -2.02. The molecule has 0 amide bonds. The molecule has 2 aliphatic heterocycles. The van der Waals surface area contributed by atoms with Gasteiger partial charge in [0.1, 0.15) is 17.0 Å². The lowest BCUT2D eigenvalue weighted by molar-refractivity contribution is 0.0993. The number of hydrogen-bond acceptors (Lipinski definition) is 6. The molecule has 0 radical (unpaired) electrons. The molecule has 1 saturated carbocycles. The molecule has 0 N–H and O–H groups in total. The number of piperidine rings is 1. The fourth-order valence-corrected chi connectivity index (χ4v) is 6.69. The van der Waals surface area contributed by atoms with Crippen molar-refractivity contribution in [3.63, 3.8) is 0 Å². The van der Waals surface area contributed by atoms with Gasteiger partial charge in [-0.2, -0.15) is 0 Å². The zero-order chi connectivity index (χ0) is 20.8. The Balaban J connectivity index is 1.09. The number of benzene rings is 1. The summed E-state index contributed by atoms with van der Waals surface area (Å²) in [6.45, 7) is 5.29. The van der Waals surface area contributed by atoms with Crippen molar-refractivity contribution in [2.24, 2.45) is 17.8 Å². The van der Waals surface area contributed by atoms with E-state index in [0.717, 1.165) is 60.7 Å². The fourth-order valence-electron chi connectivity index (χ4n) is 5.78. The molecule has 31 heavy (non-hydrogen) atoms. The molecule has 2 saturated heterocycles. The average Bonchev–Trinajstić information content (AvgIpc) is 3.25. The van der Waals surface area contributed by atoms with Gasteiger partial charge in [0, 0.05) is 36.7 Å². The van der Waals surface area contributed by atoms with Gasteiger partial charge in [0.25, 0.3) is 0 Å². The number of likely N-dealkylation sites (tertiary alicyclic amines) is 1. The summed E-state index contributed by atoms with van der Waals surface area (Å²) >= 11 is 1.72. The largest absolute Gasteiger partial charge is 0.381 e. The standard InChI is InChI=1S/C25H30N4OS/c1-28-10-5-8-18(28)9-11-30-14-21-19-12-29(13-20(19)21)24-23-22(17-6-3-2-4-7-17)15-31-25(23)27-16-26-24/h2-4,6-7,15-16,18-21H,5,8-14H2,1H3. The predicted octanol–water partition coefficient (Wildman–Crippen LogP) is 4.54. The Labute approximate surface area is 188 Å². The molecule has 2 aromatic heterocycles. The van der Waals surface area contributed by atoms with Crippen LogP contribution in [0.3, 0.4) is 0 Å². The van der Waals surface area contributed by atoms with Crippen molar-refractivity contribution in [1.29, 1.82) is 0 Å². The van der Waals surface area contributed by atoms with E-state index in [9.17, 15) is 0 Å². The maximum atomic E-state index is 6.11.